The molecule has 0 nitrogen and oxygen atoms in total. The van der Waals surface area contributed by atoms with Gasteiger partial charge < -0.3 is 0 Å². The SMILES string of the molecule is Br[P+](Cc1ccccc1)(C1CCCCC1)C1CCCCC1. The normalized spacial score (nSPS) is 22.3. The van der Waals surface area contributed by atoms with Crippen LogP contribution in [0.2, 0.25) is 0 Å². The van der Waals surface area contributed by atoms with Gasteiger partial charge in [-0.2, -0.15) is 0 Å². The molecule has 0 aromatic heterocycles. The minimum absolute atomic E-state index is 0.995. The standard InChI is InChI=1S/C19H29BrP/c20-21(18-12-6-2-7-13-18,19-14-8-3-9-15-19)16-17-10-4-1-5-11-17/h1,4-5,10-11,18-19H,2-3,6-9,12-16H2/q+1. The van der Waals surface area contributed by atoms with E-state index < -0.39 is 5.96 Å². The first-order valence-corrected chi connectivity index (χ1v) is 13.0. The van der Waals surface area contributed by atoms with Gasteiger partial charge in [-0.05, 0) is 56.9 Å². The predicted molar refractivity (Wildman–Crippen MR) is 99.7 cm³/mol. The van der Waals surface area contributed by atoms with Crippen molar-refractivity contribution in [2.75, 3.05) is 0 Å². The fourth-order valence-corrected chi connectivity index (χ4v) is 12.1. The second-order valence-corrected chi connectivity index (χ2v) is 14.5. The number of benzene rings is 1. The maximum Gasteiger partial charge on any atom is 0.139 e. The van der Waals surface area contributed by atoms with Crippen LogP contribution in [0.3, 0.4) is 0 Å². The first kappa shape index (κ1) is 16.0. The molecule has 1 aromatic carbocycles. The van der Waals surface area contributed by atoms with Crippen molar-refractivity contribution < 1.29 is 0 Å². The molecule has 0 bridgehead atoms. The van der Waals surface area contributed by atoms with Crippen LogP contribution in [0.15, 0.2) is 30.3 Å². The van der Waals surface area contributed by atoms with Crippen LogP contribution in [0.5, 0.6) is 0 Å². The molecule has 2 aliphatic rings. The van der Waals surface area contributed by atoms with Gasteiger partial charge in [0.1, 0.15) is 15.5 Å². The Kier molecular flexibility index (Phi) is 5.79. The molecular weight excluding hydrogens is 339 g/mol. The van der Waals surface area contributed by atoms with E-state index in [9.17, 15) is 0 Å². The lowest BCUT2D eigenvalue weighted by atomic mass is 9.99. The Hall–Kier alpha value is 0.130. The Labute approximate surface area is 139 Å². The topological polar surface area (TPSA) is 0 Å². The highest BCUT2D eigenvalue weighted by Gasteiger charge is 2.51. The van der Waals surface area contributed by atoms with Crippen molar-refractivity contribution in [3.8, 4) is 0 Å². The van der Waals surface area contributed by atoms with E-state index >= 15 is 0 Å². The smallest absolute Gasteiger partial charge is 0.0622 e. The molecule has 0 heterocycles. The molecule has 116 valence electrons. The quantitative estimate of drug-likeness (QED) is 0.494. The zero-order chi connectivity index (χ0) is 14.5. The van der Waals surface area contributed by atoms with Crippen LogP contribution in [-0.4, -0.2) is 11.3 Å². The number of halogens is 1. The third-order valence-electron chi connectivity index (χ3n) is 5.63. The minimum Gasteiger partial charge on any atom is -0.0622 e. The Morgan fingerprint density at radius 3 is 1.71 bits per heavy atom. The van der Waals surface area contributed by atoms with Crippen molar-refractivity contribution >= 4 is 21.5 Å². The molecule has 3 rings (SSSR count). The van der Waals surface area contributed by atoms with E-state index in [4.69, 9.17) is 0 Å². The van der Waals surface area contributed by atoms with Crippen LogP contribution >= 0.6 is 21.5 Å². The largest absolute Gasteiger partial charge is 0.139 e. The number of rotatable bonds is 4. The Bertz CT molecular complexity index is 400. The van der Waals surface area contributed by atoms with Gasteiger partial charge >= 0.3 is 0 Å². The second-order valence-electron chi connectivity index (χ2n) is 7.06. The van der Waals surface area contributed by atoms with Crippen LogP contribution in [0.25, 0.3) is 0 Å². The van der Waals surface area contributed by atoms with Crippen molar-refractivity contribution in [3.63, 3.8) is 0 Å². The molecule has 0 amide bonds. The number of hydrogen-bond acceptors (Lipinski definition) is 0. The lowest BCUT2D eigenvalue weighted by Gasteiger charge is -2.38. The van der Waals surface area contributed by atoms with Gasteiger partial charge in [0.2, 0.25) is 0 Å². The zero-order valence-electron chi connectivity index (χ0n) is 13.1. The fraction of sp³-hybridized carbons (Fsp3) is 0.684. The maximum atomic E-state index is 4.46. The average Bonchev–Trinajstić information content (AvgIpc) is 2.57. The molecule has 2 fully saturated rings. The summed E-state index contributed by atoms with van der Waals surface area (Å²) in [7, 11) is 0. The highest BCUT2D eigenvalue weighted by atomic mass is 79.9. The van der Waals surface area contributed by atoms with Crippen molar-refractivity contribution in [3.05, 3.63) is 35.9 Å². The van der Waals surface area contributed by atoms with Crippen LogP contribution in [0.4, 0.5) is 0 Å². The molecule has 21 heavy (non-hydrogen) atoms. The molecule has 1 aromatic rings. The van der Waals surface area contributed by atoms with Crippen LogP contribution < -0.4 is 0 Å². The summed E-state index contributed by atoms with van der Waals surface area (Å²) in [5.74, 6) is -1.03. The Morgan fingerprint density at radius 1 is 0.762 bits per heavy atom. The van der Waals surface area contributed by atoms with Gasteiger partial charge in [-0.3, -0.25) is 0 Å². The number of hydrogen-bond donors (Lipinski definition) is 0. The molecule has 0 N–H and O–H groups in total. The monoisotopic (exact) mass is 367 g/mol. The van der Waals surface area contributed by atoms with Crippen LogP contribution in [0.1, 0.15) is 69.8 Å². The lowest BCUT2D eigenvalue weighted by Crippen LogP contribution is -2.25. The van der Waals surface area contributed by atoms with Gasteiger partial charge in [0.15, 0.2) is 0 Å². The van der Waals surface area contributed by atoms with Crippen LogP contribution in [0, 0.1) is 0 Å². The zero-order valence-corrected chi connectivity index (χ0v) is 15.6. The van der Waals surface area contributed by atoms with E-state index in [0.29, 0.717) is 0 Å². The van der Waals surface area contributed by atoms with E-state index in [1.54, 1.807) is 5.56 Å². The summed E-state index contributed by atoms with van der Waals surface area (Å²) in [5, 5.41) is 0. The molecular formula is C19H29BrP+. The maximum absolute atomic E-state index is 4.46. The van der Waals surface area contributed by atoms with E-state index in [1.165, 1.54) is 70.4 Å². The van der Waals surface area contributed by atoms with Gasteiger partial charge in [-0.15, -0.1) is 0 Å². The Balaban J connectivity index is 1.81. The summed E-state index contributed by atoms with van der Waals surface area (Å²) in [6, 6.07) is 11.3. The third kappa shape index (κ3) is 3.91. The van der Waals surface area contributed by atoms with Gasteiger partial charge in [-0.25, -0.2) is 0 Å². The molecule has 2 saturated carbocycles. The molecule has 2 aliphatic carbocycles. The summed E-state index contributed by atoms with van der Waals surface area (Å²) >= 11 is 4.46. The molecule has 0 spiro atoms. The first-order chi connectivity index (χ1) is 10.3. The summed E-state index contributed by atoms with van der Waals surface area (Å²) < 4.78 is 0. The molecule has 0 aliphatic heterocycles. The van der Waals surface area contributed by atoms with Gasteiger partial charge in [0.05, 0.1) is 23.4 Å². The van der Waals surface area contributed by atoms with Gasteiger partial charge in [-0.1, -0.05) is 43.2 Å². The molecule has 0 atom stereocenters. The highest BCUT2D eigenvalue weighted by Crippen LogP contribution is 2.79. The van der Waals surface area contributed by atoms with E-state index in [2.05, 4.69) is 45.8 Å². The molecule has 0 radical (unpaired) electrons. The van der Waals surface area contributed by atoms with Crippen molar-refractivity contribution in [2.45, 2.75) is 81.7 Å². The lowest BCUT2D eigenvalue weighted by molar-refractivity contribution is 0.482. The van der Waals surface area contributed by atoms with Crippen LogP contribution in [-0.2, 0) is 6.16 Å². The Morgan fingerprint density at radius 2 is 1.24 bits per heavy atom. The van der Waals surface area contributed by atoms with Crippen molar-refractivity contribution in [2.24, 2.45) is 0 Å². The summed E-state index contributed by atoms with van der Waals surface area (Å²) in [4.78, 5) is 0. The van der Waals surface area contributed by atoms with E-state index in [0.717, 1.165) is 11.3 Å². The molecule has 2 heteroatoms. The van der Waals surface area contributed by atoms with Crippen molar-refractivity contribution in [1.29, 1.82) is 0 Å². The summed E-state index contributed by atoms with van der Waals surface area (Å²) in [5.41, 5.74) is 3.56. The highest BCUT2D eigenvalue weighted by molar-refractivity contribution is 9.42. The predicted octanol–water partition coefficient (Wildman–Crippen LogP) is 7.18. The summed E-state index contributed by atoms with van der Waals surface area (Å²) in [6.07, 6.45) is 16.1. The second kappa shape index (κ2) is 7.60. The first-order valence-electron chi connectivity index (χ1n) is 8.90. The van der Waals surface area contributed by atoms with Gasteiger partial charge in [0, 0.05) is 0 Å². The van der Waals surface area contributed by atoms with E-state index in [1.807, 2.05) is 0 Å². The van der Waals surface area contributed by atoms with Crippen molar-refractivity contribution in [1.82, 2.24) is 0 Å². The third-order valence-corrected chi connectivity index (χ3v) is 14.2. The fourth-order valence-electron chi connectivity index (χ4n) is 4.44. The molecule has 0 unspecified atom stereocenters. The van der Waals surface area contributed by atoms with E-state index in [-0.39, 0.29) is 0 Å². The summed E-state index contributed by atoms with van der Waals surface area (Å²) in [6.45, 7) is 0. The average molecular weight is 368 g/mol. The minimum atomic E-state index is -1.03. The molecule has 0 saturated heterocycles. The van der Waals surface area contributed by atoms with Gasteiger partial charge in [0.25, 0.3) is 0 Å².